The molecule has 0 saturated heterocycles. The molecule has 5 rings (SSSR count). The highest BCUT2D eigenvalue weighted by molar-refractivity contribution is 8.00. The first kappa shape index (κ1) is 33.3. The van der Waals surface area contributed by atoms with Gasteiger partial charge in [-0.05, 0) is 84.1 Å². The highest BCUT2D eigenvalue weighted by Crippen LogP contribution is 2.37. The molecule has 5 aromatic rings. The van der Waals surface area contributed by atoms with E-state index < -0.39 is 17.1 Å². The third kappa shape index (κ3) is 8.79. The molecule has 1 atom stereocenters. The molecule has 0 aromatic heterocycles. The lowest BCUT2D eigenvalue weighted by Crippen LogP contribution is -2.30. The summed E-state index contributed by atoms with van der Waals surface area (Å²) in [5.74, 6) is -1.06. The number of aryl methyl sites for hydroxylation is 2. The van der Waals surface area contributed by atoms with Gasteiger partial charge in [0.2, 0.25) is 5.91 Å². The summed E-state index contributed by atoms with van der Waals surface area (Å²) in [6.45, 7) is 4.07. The standard InChI is InChI=1S/C39H34ClN3O3S/c1-3-27-19-12-13-26(2)35(27)43-39(46)36(28-14-6-4-7-15-28)47-32-23-21-31(22-24-32)41-38(45)34(25-30-18-10-11-20-33(30)40)42-37(44)29-16-8-5-9-17-29/h4-25,36H,3H2,1-2H3,(H,41,45)(H,42,44)(H,43,46)/b34-25-. The SMILES string of the molecule is CCc1cccc(C)c1NC(=O)C(Sc1ccc(NC(=O)/C(=C/c2ccccc2Cl)NC(=O)c2ccccc2)cc1)c1ccccc1. The fourth-order valence-electron chi connectivity index (χ4n) is 4.93. The zero-order chi connectivity index (χ0) is 33.2. The first-order valence-electron chi connectivity index (χ1n) is 15.2. The summed E-state index contributed by atoms with van der Waals surface area (Å²) in [4.78, 5) is 41.1. The number of para-hydroxylation sites is 1. The Hall–Kier alpha value is -5.11. The van der Waals surface area contributed by atoms with Gasteiger partial charge in [-0.2, -0.15) is 0 Å². The van der Waals surface area contributed by atoms with Crippen LogP contribution in [0.15, 0.2) is 138 Å². The zero-order valence-electron chi connectivity index (χ0n) is 26.0. The molecular formula is C39H34ClN3O3S. The van der Waals surface area contributed by atoms with Crippen molar-refractivity contribution in [1.82, 2.24) is 5.32 Å². The number of carbonyl (C=O) groups is 3. The van der Waals surface area contributed by atoms with Gasteiger partial charge >= 0.3 is 0 Å². The molecule has 0 heterocycles. The number of rotatable bonds is 11. The minimum atomic E-state index is -0.515. The number of carbonyl (C=O) groups excluding carboxylic acids is 3. The maximum Gasteiger partial charge on any atom is 0.272 e. The van der Waals surface area contributed by atoms with Crippen LogP contribution in [0, 0.1) is 6.92 Å². The van der Waals surface area contributed by atoms with Crippen LogP contribution in [-0.2, 0) is 16.0 Å². The summed E-state index contributed by atoms with van der Waals surface area (Å²) < 4.78 is 0. The largest absolute Gasteiger partial charge is 0.324 e. The Morgan fingerprint density at radius 2 is 1.43 bits per heavy atom. The lowest BCUT2D eigenvalue weighted by molar-refractivity contribution is -0.116. The van der Waals surface area contributed by atoms with Crippen LogP contribution >= 0.6 is 23.4 Å². The lowest BCUT2D eigenvalue weighted by atomic mass is 10.1. The van der Waals surface area contributed by atoms with E-state index >= 15 is 0 Å². The van der Waals surface area contributed by atoms with Gasteiger partial charge in [0.25, 0.3) is 11.8 Å². The van der Waals surface area contributed by atoms with Crippen LogP contribution in [0.3, 0.4) is 0 Å². The lowest BCUT2D eigenvalue weighted by Gasteiger charge is -2.20. The maximum atomic E-state index is 13.8. The highest BCUT2D eigenvalue weighted by Gasteiger charge is 2.24. The molecule has 3 N–H and O–H groups in total. The van der Waals surface area contributed by atoms with E-state index in [0.29, 0.717) is 21.8 Å². The fraction of sp³-hybridized carbons (Fsp3) is 0.103. The first-order valence-corrected chi connectivity index (χ1v) is 16.4. The Labute approximate surface area is 284 Å². The minimum Gasteiger partial charge on any atom is -0.324 e. The molecule has 47 heavy (non-hydrogen) atoms. The van der Waals surface area contributed by atoms with Crippen LogP contribution in [0.25, 0.3) is 6.08 Å². The van der Waals surface area contributed by atoms with Crippen molar-refractivity contribution in [3.05, 3.63) is 166 Å². The van der Waals surface area contributed by atoms with Crippen molar-refractivity contribution < 1.29 is 14.4 Å². The number of hydrogen-bond acceptors (Lipinski definition) is 4. The number of halogens is 1. The van der Waals surface area contributed by atoms with Crippen LogP contribution in [0.5, 0.6) is 0 Å². The zero-order valence-corrected chi connectivity index (χ0v) is 27.6. The van der Waals surface area contributed by atoms with Crippen LogP contribution in [-0.4, -0.2) is 17.7 Å². The third-order valence-corrected chi connectivity index (χ3v) is 9.04. The van der Waals surface area contributed by atoms with Crippen molar-refractivity contribution in [1.29, 1.82) is 0 Å². The highest BCUT2D eigenvalue weighted by atomic mass is 35.5. The molecule has 236 valence electrons. The van der Waals surface area contributed by atoms with Crippen molar-refractivity contribution in [2.24, 2.45) is 0 Å². The molecule has 0 aliphatic heterocycles. The van der Waals surface area contributed by atoms with E-state index in [1.165, 1.54) is 11.8 Å². The Morgan fingerprint density at radius 1 is 0.766 bits per heavy atom. The summed E-state index contributed by atoms with van der Waals surface area (Å²) >= 11 is 7.78. The number of nitrogens with one attached hydrogen (secondary N) is 3. The number of benzene rings is 5. The molecule has 8 heteroatoms. The smallest absolute Gasteiger partial charge is 0.272 e. The molecule has 0 radical (unpaired) electrons. The average molecular weight is 660 g/mol. The molecule has 0 aliphatic carbocycles. The van der Waals surface area contributed by atoms with E-state index in [-0.39, 0.29) is 11.6 Å². The van der Waals surface area contributed by atoms with Crippen molar-refractivity contribution in [3.8, 4) is 0 Å². The molecule has 0 saturated carbocycles. The van der Waals surface area contributed by atoms with Gasteiger partial charge in [0.15, 0.2) is 0 Å². The van der Waals surface area contributed by atoms with Crippen molar-refractivity contribution in [2.45, 2.75) is 30.4 Å². The molecule has 6 nitrogen and oxygen atoms in total. The fourth-order valence-corrected chi connectivity index (χ4v) is 6.15. The Kier molecular flexibility index (Phi) is 11.3. The molecule has 3 amide bonds. The molecule has 1 unspecified atom stereocenters. The Balaban J connectivity index is 1.35. The van der Waals surface area contributed by atoms with Gasteiger partial charge in [-0.1, -0.05) is 103 Å². The molecule has 0 fully saturated rings. The summed E-state index contributed by atoms with van der Waals surface area (Å²) in [6.07, 6.45) is 2.35. The van der Waals surface area contributed by atoms with Gasteiger partial charge in [-0.15, -0.1) is 11.8 Å². The van der Waals surface area contributed by atoms with E-state index in [0.717, 1.165) is 33.7 Å². The summed E-state index contributed by atoms with van der Waals surface area (Å²) in [7, 11) is 0. The average Bonchev–Trinajstić information content (AvgIpc) is 3.10. The second-order valence-corrected chi connectivity index (χ2v) is 12.3. The number of amides is 3. The Morgan fingerprint density at radius 3 is 2.11 bits per heavy atom. The van der Waals surface area contributed by atoms with Gasteiger partial charge in [0, 0.05) is 26.9 Å². The quantitative estimate of drug-likeness (QED) is 0.0975. The van der Waals surface area contributed by atoms with Crippen molar-refractivity contribution >= 4 is 58.5 Å². The first-order chi connectivity index (χ1) is 22.8. The topological polar surface area (TPSA) is 87.3 Å². The van der Waals surface area contributed by atoms with Gasteiger partial charge in [0.1, 0.15) is 10.9 Å². The predicted octanol–water partition coefficient (Wildman–Crippen LogP) is 9.09. The number of thioether (sulfide) groups is 1. The second kappa shape index (κ2) is 15.9. The van der Waals surface area contributed by atoms with Crippen LogP contribution in [0.4, 0.5) is 11.4 Å². The molecule has 5 aromatic carbocycles. The van der Waals surface area contributed by atoms with E-state index in [4.69, 9.17) is 11.6 Å². The van der Waals surface area contributed by atoms with E-state index in [2.05, 4.69) is 22.9 Å². The van der Waals surface area contributed by atoms with E-state index in [1.54, 1.807) is 66.7 Å². The van der Waals surface area contributed by atoms with E-state index in [9.17, 15) is 14.4 Å². The van der Waals surface area contributed by atoms with Crippen LogP contribution < -0.4 is 16.0 Å². The summed E-state index contributed by atoms with van der Waals surface area (Å²) in [6, 6.07) is 38.7. The molecule has 0 aliphatic rings. The monoisotopic (exact) mass is 659 g/mol. The van der Waals surface area contributed by atoms with Gasteiger partial charge < -0.3 is 16.0 Å². The summed E-state index contributed by atoms with van der Waals surface area (Å²) in [5.41, 5.74) is 5.37. The third-order valence-electron chi connectivity index (χ3n) is 7.43. The second-order valence-electron chi connectivity index (χ2n) is 10.7. The van der Waals surface area contributed by atoms with Gasteiger partial charge in [0.05, 0.1) is 0 Å². The van der Waals surface area contributed by atoms with Crippen LogP contribution in [0.1, 0.15) is 44.8 Å². The summed E-state index contributed by atoms with van der Waals surface area (Å²) in [5, 5.41) is 8.71. The van der Waals surface area contributed by atoms with Crippen molar-refractivity contribution in [2.75, 3.05) is 10.6 Å². The minimum absolute atomic E-state index is 0.0360. The van der Waals surface area contributed by atoms with E-state index in [1.807, 2.05) is 73.7 Å². The van der Waals surface area contributed by atoms with Crippen molar-refractivity contribution in [3.63, 3.8) is 0 Å². The van der Waals surface area contributed by atoms with Crippen LogP contribution in [0.2, 0.25) is 5.02 Å². The van der Waals surface area contributed by atoms with Gasteiger partial charge in [-0.3, -0.25) is 14.4 Å². The number of anilines is 2. The normalized spacial score (nSPS) is 11.8. The predicted molar refractivity (Wildman–Crippen MR) is 193 cm³/mol. The molecule has 0 spiro atoms. The molecular weight excluding hydrogens is 626 g/mol. The maximum absolute atomic E-state index is 13.8. The molecule has 0 bridgehead atoms. The number of hydrogen-bond donors (Lipinski definition) is 3. The Bertz CT molecular complexity index is 1890. The van der Waals surface area contributed by atoms with Gasteiger partial charge in [-0.25, -0.2) is 0 Å².